The molecule has 0 fully saturated rings. The Morgan fingerprint density at radius 3 is 2.57 bits per heavy atom. The monoisotopic (exact) mass is 374 g/mol. The molecule has 3 nitrogen and oxygen atoms in total. The number of aryl methyl sites for hydroxylation is 1. The zero-order valence-electron chi connectivity index (χ0n) is 16.1. The van der Waals surface area contributed by atoms with Gasteiger partial charge in [-0.1, -0.05) is 48.0 Å². The van der Waals surface area contributed by atoms with Gasteiger partial charge in [0.15, 0.2) is 5.78 Å². The summed E-state index contributed by atoms with van der Waals surface area (Å²) in [6.07, 6.45) is 7.01. The molecule has 1 N–H and O–H groups in total. The number of carboxylic acid groups (broad SMARTS) is 1. The van der Waals surface area contributed by atoms with Gasteiger partial charge in [-0.15, -0.1) is 0 Å². The van der Waals surface area contributed by atoms with Crippen molar-refractivity contribution >= 4 is 17.3 Å². The lowest BCUT2D eigenvalue weighted by Crippen LogP contribution is -2.19. The first-order chi connectivity index (χ1) is 13.6. The fourth-order valence-electron chi connectivity index (χ4n) is 4.57. The van der Waals surface area contributed by atoms with Gasteiger partial charge in [-0.25, -0.2) is 0 Å². The van der Waals surface area contributed by atoms with E-state index in [4.69, 9.17) is 0 Å². The molecule has 2 aliphatic rings. The van der Waals surface area contributed by atoms with E-state index in [9.17, 15) is 14.7 Å². The maximum atomic E-state index is 12.8. The number of hydrogen-bond acceptors (Lipinski definition) is 2. The van der Waals surface area contributed by atoms with Gasteiger partial charge >= 0.3 is 5.97 Å². The lowest BCUT2D eigenvalue weighted by Gasteiger charge is -2.14. The lowest BCUT2D eigenvalue weighted by atomic mass is 9.90. The van der Waals surface area contributed by atoms with Gasteiger partial charge in [-0.2, -0.15) is 0 Å². The summed E-state index contributed by atoms with van der Waals surface area (Å²) in [5.74, 6) is -1.59. The van der Waals surface area contributed by atoms with Crippen molar-refractivity contribution in [2.75, 3.05) is 0 Å². The van der Waals surface area contributed by atoms with Gasteiger partial charge in [-0.05, 0) is 73.3 Å². The summed E-state index contributed by atoms with van der Waals surface area (Å²) in [5.41, 5.74) is 7.35. The number of benzene rings is 2. The van der Waals surface area contributed by atoms with Crippen LogP contribution in [0, 0.1) is 5.92 Å². The topological polar surface area (TPSA) is 54.4 Å². The van der Waals surface area contributed by atoms with E-state index in [1.54, 1.807) is 0 Å². The average Bonchev–Trinajstić information content (AvgIpc) is 3.09. The lowest BCUT2D eigenvalue weighted by molar-refractivity contribution is -0.141. The summed E-state index contributed by atoms with van der Waals surface area (Å²) < 4.78 is 0. The highest BCUT2D eigenvalue weighted by Crippen LogP contribution is 2.41. The van der Waals surface area contributed by atoms with Gasteiger partial charge in [0.1, 0.15) is 0 Å². The highest BCUT2D eigenvalue weighted by molar-refractivity contribution is 5.98. The number of carbonyl (C=O) groups is 2. The minimum absolute atomic E-state index is 0.0619. The van der Waals surface area contributed by atoms with Crippen LogP contribution in [0.2, 0.25) is 0 Å². The second-order valence-corrected chi connectivity index (χ2v) is 8.02. The summed E-state index contributed by atoms with van der Waals surface area (Å²) in [7, 11) is 0. The van der Waals surface area contributed by atoms with Crippen LogP contribution in [0.4, 0.5) is 0 Å². The maximum Gasteiger partial charge on any atom is 0.306 e. The molecule has 2 aromatic rings. The van der Waals surface area contributed by atoms with E-state index < -0.39 is 11.9 Å². The zero-order valence-corrected chi connectivity index (χ0v) is 16.1. The largest absolute Gasteiger partial charge is 0.481 e. The van der Waals surface area contributed by atoms with Crippen LogP contribution in [0.3, 0.4) is 0 Å². The van der Waals surface area contributed by atoms with Gasteiger partial charge in [0.05, 0.1) is 5.92 Å². The maximum absolute atomic E-state index is 12.8. The van der Waals surface area contributed by atoms with Crippen molar-refractivity contribution in [2.45, 2.75) is 51.4 Å². The van der Waals surface area contributed by atoms with Crippen LogP contribution in [0.25, 0.3) is 5.57 Å². The first-order valence-corrected chi connectivity index (χ1v) is 10.3. The Morgan fingerprint density at radius 1 is 1.00 bits per heavy atom. The molecule has 2 aliphatic carbocycles. The van der Waals surface area contributed by atoms with E-state index in [2.05, 4.69) is 6.07 Å². The van der Waals surface area contributed by atoms with E-state index in [-0.39, 0.29) is 12.2 Å². The van der Waals surface area contributed by atoms with E-state index >= 15 is 0 Å². The number of hydrogen-bond donors (Lipinski definition) is 1. The molecule has 2 aromatic carbocycles. The molecule has 1 unspecified atom stereocenters. The first kappa shape index (κ1) is 18.7. The Bertz CT molecular complexity index is 924. The molecule has 0 spiro atoms. The summed E-state index contributed by atoms with van der Waals surface area (Å²) in [5, 5.41) is 9.58. The van der Waals surface area contributed by atoms with Crippen LogP contribution in [0.15, 0.2) is 54.1 Å². The van der Waals surface area contributed by atoms with E-state index in [1.165, 1.54) is 41.5 Å². The molecule has 0 bridgehead atoms. The smallest absolute Gasteiger partial charge is 0.306 e. The van der Waals surface area contributed by atoms with Crippen molar-refractivity contribution in [1.29, 1.82) is 0 Å². The third kappa shape index (κ3) is 3.94. The number of allylic oxidation sites excluding steroid dienone is 2. The molecule has 0 amide bonds. The van der Waals surface area contributed by atoms with Crippen molar-refractivity contribution in [3.8, 4) is 0 Å². The van der Waals surface area contributed by atoms with Crippen molar-refractivity contribution in [3.63, 3.8) is 0 Å². The van der Waals surface area contributed by atoms with E-state index in [0.29, 0.717) is 18.4 Å². The van der Waals surface area contributed by atoms with Crippen LogP contribution in [-0.2, 0) is 17.6 Å². The summed E-state index contributed by atoms with van der Waals surface area (Å²) in [6.45, 7) is 0. The molecule has 144 valence electrons. The average molecular weight is 374 g/mol. The molecule has 1 atom stereocenters. The van der Waals surface area contributed by atoms with Crippen molar-refractivity contribution in [1.82, 2.24) is 0 Å². The quantitative estimate of drug-likeness (QED) is 0.653. The van der Waals surface area contributed by atoms with Gasteiger partial charge in [0.2, 0.25) is 0 Å². The predicted octanol–water partition coefficient (Wildman–Crippen LogP) is 5.48. The molecule has 4 rings (SSSR count). The zero-order chi connectivity index (χ0) is 19.5. The van der Waals surface area contributed by atoms with Gasteiger partial charge < -0.3 is 5.11 Å². The molecule has 3 heteroatoms. The second-order valence-electron chi connectivity index (χ2n) is 8.02. The predicted molar refractivity (Wildman–Crippen MR) is 110 cm³/mol. The third-order valence-corrected chi connectivity index (χ3v) is 6.14. The standard InChI is InChI=1S/C25H26O3/c26-24(16-20(25(27)28)11-10-17-6-2-1-3-7-17)19-12-13-23-21(15-19)14-18-8-4-5-9-22(18)23/h1-3,6-7,12-13,15,20H,4-5,8-11,14,16H2,(H,27,28). The third-order valence-electron chi connectivity index (χ3n) is 6.14. The van der Waals surface area contributed by atoms with Crippen LogP contribution < -0.4 is 0 Å². The number of carbonyl (C=O) groups excluding carboxylic acids is 1. The van der Waals surface area contributed by atoms with Crippen LogP contribution in [0.5, 0.6) is 0 Å². The Labute approximate surface area is 166 Å². The summed E-state index contributed by atoms with van der Waals surface area (Å²) in [6, 6.07) is 15.8. The minimum Gasteiger partial charge on any atom is -0.481 e. The number of rotatable bonds is 7. The molecule has 0 saturated heterocycles. The molecular formula is C25H26O3. The fraction of sp³-hybridized carbons (Fsp3) is 0.360. The SMILES string of the molecule is O=C(CC(CCc1ccccc1)C(=O)O)c1ccc2c(c1)CC1=C2CCCC1. The fourth-order valence-corrected chi connectivity index (χ4v) is 4.57. The number of fused-ring (bicyclic) bond motifs is 2. The number of ketones is 1. The molecule has 28 heavy (non-hydrogen) atoms. The van der Waals surface area contributed by atoms with E-state index in [0.717, 1.165) is 18.4 Å². The Kier molecular flexibility index (Phi) is 5.43. The first-order valence-electron chi connectivity index (χ1n) is 10.3. The Hall–Kier alpha value is -2.68. The van der Waals surface area contributed by atoms with Gasteiger partial charge in [-0.3, -0.25) is 9.59 Å². The Morgan fingerprint density at radius 2 is 1.79 bits per heavy atom. The molecule has 0 aromatic heterocycles. The minimum atomic E-state index is -0.887. The number of carboxylic acids is 1. The normalized spacial score (nSPS) is 16.4. The van der Waals surface area contributed by atoms with Crippen LogP contribution >= 0.6 is 0 Å². The summed E-state index contributed by atoms with van der Waals surface area (Å²) in [4.78, 5) is 24.5. The molecule has 0 radical (unpaired) electrons. The van der Waals surface area contributed by atoms with Crippen molar-refractivity contribution in [2.24, 2.45) is 5.92 Å². The molecule has 0 heterocycles. The van der Waals surface area contributed by atoms with Crippen molar-refractivity contribution < 1.29 is 14.7 Å². The van der Waals surface area contributed by atoms with Gasteiger partial charge in [0, 0.05) is 12.0 Å². The summed E-state index contributed by atoms with van der Waals surface area (Å²) >= 11 is 0. The van der Waals surface area contributed by atoms with Crippen LogP contribution in [-0.4, -0.2) is 16.9 Å². The van der Waals surface area contributed by atoms with Gasteiger partial charge in [0.25, 0.3) is 0 Å². The number of Topliss-reactive ketones (excluding diaryl/α,β-unsaturated/α-hetero) is 1. The molecule has 0 aliphatic heterocycles. The second kappa shape index (κ2) is 8.14. The Balaban J connectivity index is 1.43. The molecular weight excluding hydrogens is 348 g/mol. The van der Waals surface area contributed by atoms with Crippen LogP contribution in [0.1, 0.15) is 65.6 Å². The van der Waals surface area contributed by atoms with E-state index in [1.807, 2.05) is 42.5 Å². The van der Waals surface area contributed by atoms with Crippen molar-refractivity contribution in [3.05, 3.63) is 76.4 Å². The highest BCUT2D eigenvalue weighted by atomic mass is 16.4. The number of aliphatic carboxylic acids is 1. The molecule has 0 saturated carbocycles. The highest BCUT2D eigenvalue weighted by Gasteiger charge is 2.26.